The van der Waals surface area contributed by atoms with Gasteiger partial charge in [0.05, 0.1) is 18.3 Å². The number of sulfonamides is 1. The van der Waals surface area contributed by atoms with Gasteiger partial charge in [-0.3, -0.25) is 5.10 Å². The number of carboxylic acids is 1. The van der Waals surface area contributed by atoms with E-state index >= 15 is 0 Å². The normalized spacial score (nSPS) is 10.8. The number of nitrogens with zero attached hydrogens (tertiary/aromatic N) is 4. The monoisotopic (exact) mass is 269 g/mol. The third-order valence-corrected chi connectivity index (χ3v) is 3.69. The van der Waals surface area contributed by atoms with Crippen LogP contribution in [0.3, 0.4) is 0 Å². The van der Waals surface area contributed by atoms with Gasteiger partial charge in [-0.1, -0.05) is 0 Å². The number of nitrogens with one attached hydrogen (secondary N) is 1. The molecule has 2 N–H and O–H groups in total. The molecule has 0 spiro atoms. The number of aromatic amines is 1. The fourth-order valence-electron chi connectivity index (χ4n) is 1.14. The maximum absolute atomic E-state index is 12.0. The zero-order valence-electron chi connectivity index (χ0n) is 8.86. The first-order valence-corrected chi connectivity index (χ1v) is 5.90. The number of nitriles is 2. The number of rotatable bonds is 5. The van der Waals surface area contributed by atoms with Gasteiger partial charge in [-0.05, 0) is 0 Å². The van der Waals surface area contributed by atoms with E-state index in [4.69, 9.17) is 15.6 Å². The summed E-state index contributed by atoms with van der Waals surface area (Å²) in [4.78, 5) is 10.8. The van der Waals surface area contributed by atoms with E-state index in [1.807, 2.05) is 5.10 Å². The first kappa shape index (κ1) is 13.6. The summed E-state index contributed by atoms with van der Waals surface area (Å²) in [6.07, 6.45) is 0.839. The zero-order valence-corrected chi connectivity index (χ0v) is 9.68. The Labute approximate surface area is 102 Å². The lowest BCUT2D eigenvalue weighted by molar-refractivity contribution is 0.0692. The van der Waals surface area contributed by atoms with Gasteiger partial charge in [-0.15, -0.1) is 0 Å². The molecule has 0 amide bonds. The zero-order chi connectivity index (χ0) is 13.8. The SMILES string of the molecule is N#CCN(CC#N)S(=O)(=O)c1[nH]ncc1C(=O)O. The quantitative estimate of drug-likeness (QED) is 0.660. The molecule has 1 heterocycles. The van der Waals surface area contributed by atoms with E-state index in [9.17, 15) is 13.2 Å². The van der Waals surface area contributed by atoms with Crippen molar-refractivity contribution in [2.75, 3.05) is 13.1 Å². The summed E-state index contributed by atoms with van der Waals surface area (Å²) in [5.41, 5.74) is -0.545. The first-order valence-electron chi connectivity index (χ1n) is 4.46. The Morgan fingerprint density at radius 2 is 2.00 bits per heavy atom. The molecule has 0 atom stereocenters. The van der Waals surface area contributed by atoms with Crippen LogP contribution in [0.15, 0.2) is 11.2 Å². The van der Waals surface area contributed by atoms with E-state index in [-0.39, 0.29) is 0 Å². The van der Waals surface area contributed by atoms with Crippen LogP contribution in [0, 0.1) is 22.7 Å². The molecule has 9 nitrogen and oxygen atoms in total. The van der Waals surface area contributed by atoms with E-state index < -0.39 is 39.7 Å². The van der Waals surface area contributed by atoms with Crippen LogP contribution in [0.4, 0.5) is 0 Å². The third-order valence-electron chi connectivity index (χ3n) is 1.93. The molecule has 1 rings (SSSR count). The summed E-state index contributed by atoms with van der Waals surface area (Å²) in [6, 6.07) is 3.17. The van der Waals surface area contributed by atoms with Crippen LogP contribution < -0.4 is 0 Å². The Morgan fingerprint density at radius 3 is 2.44 bits per heavy atom. The molecular formula is C8H7N5O4S. The van der Waals surface area contributed by atoms with Crippen molar-refractivity contribution >= 4 is 16.0 Å². The predicted molar refractivity (Wildman–Crippen MR) is 55.5 cm³/mol. The molecule has 0 radical (unpaired) electrons. The Kier molecular flexibility index (Phi) is 3.99. The molecule has 1 aromatic rings. The van der Waals surface area contributed by atoms with E-state index in [1.54, 1.807) is 12.1 Å². The lowest BCUT2D eigenvalue weighted by atomic mass is 10.4. The van der Waals surface area contributed by atoms with Gasteiger partial charge in [0.2, 0.25) is 0 Å². The van der Waals surface area contributed by atoms with Crippen molar-refractivity contribution < 1.29 is 18.3 Å². The highest BCUT2D eigenvalue weighted by molar-refractivity contribution is 7.89. The average Bonchev–Trinajstić information content (AvgIpc) is 2.78. The topological polar surface area (TPSA) is 151 Å². The fraction of sp³-hybridized carbons (Fsp3) is 0.250. The van der Waals surface area contributed by atoms with Gasteiger partial charge in [-0.25, -0.2) is 13.2 Å². The fourth-order valence-corrected chi connectivity index (χ4v) is 2.44. The summed E-state index contributed by atoms with van der Waals surface area (Å²) in [5, 5.41) is 30.5. The largest absolute Gasteiger partial charge is 0.478 e. The van der Waals surface area contributed by atoms with Crippen LogP contribution in [-0.4, -0.2) is 47.1 Å². The van der Waals surface area contributed by atoms with Crippen LogP contribution in [0.5, 0.6) is 0 Å². The van der Waals surface area contributed by atoms with Gasteiger partial charge in [-0.2, -0.15) is 19.9 Å². The van der Waals surface area contributed by atoms with Crippen molar-refractivity contribution in [3.8, 4) is 12.1 Å². The first-order chi connectivity index (χ1) is 8.45. The molecule has 0 aromatic carbocycles. The highest BCUT2D eigenvalue weighted by Gasteiger charge is 2.30. The molecule has 1 aromatic heterocycles. The molecule has 0 fully saturated rings. The molecule has 0 aliphatic carbocycles. The summed E-state index contributed by atoms with van der Waals surface area (Å²) < 4.78 is 24.5. The summed E-state index contributed by atoms with van der Waals surface area (Å²) in [6.45, 7) is -1.12. The van der Waals surface area contributed by atoms with Crippen LogP contribution >= 0.6 is 0 Å². The van der Waals surface area contributed by atoms with Crippen LogP contribution in [-0.2, 0) is 10.0 Å². The summed E-state index contributed by atoms with van der Waals surface area (Å²) in [5.74, 6) is -1.48. The second-order valence-electron chi connectivity index (χ2n) is 3.01. The predicted octanol–water partition coefficient (Wildman–Crippen LogP) is -0.854. The van der Waals surface area contributed by atoms with Crippen LogP contribution in [0.2, 0.25) is 0 Å². The van der Waals surface area contributed by atoms with E-state index in [2.05, 4.69) is 5.10 Å². The maximum atomic E-state index is 12.0. The smallest absolute Gasteiger partial charge is 0.340 e. The lowest BCUT2D eigenvalue weighted by Gasteiger charge is -2.14. The van der Waals surface area contributed by atoms with Gasteiger partial charge >= 0.3 is 5.97 Å². The third kappa shape index (κ3) is 2.45. The Balaban J connectivity index is 3.28. The van der Waals surface area contributed by atoms with Gasteiger partial charge in [0, 0.05) is 0 Å². The minimum absolute atomic E-state index is 0.545. The minimum atomic E-state index is -4.27. The number of aromatic carboxylic acids is 1. The van der Waals surface area contributed by atoms with Gasteiger partial charge in [0.15, 0.2) is 5.03 Å². The molecule has 94 valence electrons. The molecular weight excluding hydrogens is 262 g/mol. The molecule has 10 heteroatoms. The molecule has 0 unspecified atom stereocenters. The summed E-state index contributed by atoms with van der Waals surface area (Å²) in [7, 11) is -4.27. The lowest BCUT2D eigenvalue weighted by Crippen LogP contribution is -2.33. The number of hydrogen-bond donors (Lipinski definition) is 2. The second kappa shape index (κ2) is 5.27. The van der Waals surface area contributed by atoms with Crippen molar-refractivity contribution in [1.29, 1.82) is 10.5 Å². The molecule has 18 heavy (non-hydrogen) atoms. The highest BCUT2D eigenvalue weighted by atomic mass is 32.2. The molecule has 0 bridgehead atoms. The van der Waals surface area contributed by atoms with Crippen molar-refractivity contribution in [3.63, 3.8) is 0 Å². The molecule has 0 saturated heterocycles. The number of hydrogen-bond acceptors (Lipinski definition) is 6. The van der Waals surface area contributed by atoms with Gasteiger partial charge in [0.1, 0.15) is 18.7 Å². The Hall–Kier alpha value is -2.43. The number of carbonyl (C=O) groups is 1. The standard InChI is InChI=1S/C8H7N5O4S/c9-1-3-13(4-2-10)18(16,17)7-6(8(14)15)5-11-12-7/h5H,3-4H2,(H,11,12)(H,14,15). The minimum Gasteiger partial charge on any atom is -0.478 e. The number of H-pyrrole nitrogens is 1. The van der Waals surface area contributed by atoms with Gasteiger partial charge in [0.25, 0.3) is 10.0 Å². The second-order valence-corrected chi connectivity index (χ2v) is 4.88. The molecule has 0 aliphatic rings. The van der Waals surface area contributed by atoms with Gasteiger partial charge < -0.3 is 5.11 Å². The van der Waals surface area contributed by atoms with Crippen LogP contribution in [0.1, 0.15) is 10.4 Å². The maximum Gasteiger partial charge on any atom is 0.340 e. The van der Waals surface area contributed by atoms with Crippen molar-refractivity contribution in [3.05, 3.63) is 11.8 Å². The van der Waals surface area contributed by atoms with Crippen molar-refractivity contribution in [2.24, 2.45) is 0 Å². The van der Waals surface area contributed by atoms with Crippen molar-refractivity contribution in [1.82, 2.24) is 14.5 Å². The number of carboxylic acid groups (broad SMARTS) is 1. The summed E-state index contributed by atoms with van der Waals surface area (Å²) >= 11 is 0. The molecule has 0 aliphatic heterocycles. The van der Waals surface area contributed by atoms with E-state index in [0.717, 1.165) is 6.20 Å². The van der Waals surface area contributed by atoms with E-state index in [0.29, 0.717) is 4.31 Å². The molecule has 0 saturated carbocycles. The van der Waals surface area contributed by atoms with Crippen molar-refractivity contribution in [2.45, 2.75) is 5.03 Å². The number of aromatic nitrogens is 2. The Morgan fingerprint density at radius 1 is 1.44 bits per heavy atom. The van der Waals surface area contributed by atoms with E-state index in [1.165, 1.54) is 0 Å². The highest BCUT2D eigenvalue weighted by Crippen LogP contribution is 2.16. The Bertz CT molecular complexity index is 619. The average molecular weight is 269 g/mol. The van der Waals surface area contributed by atoms with Crippen LogP contribution in [0.25, 0.3) is 0 Å².